The zero-order chi connectivity index (χ0) is 12.9. The Labute approximate surface area is 117 Å². The highest BCUT2D eigenvalue weighted by Crippen LogP contribution is 2.61. The monoisotopic (exact) mass is 263 g/mol. The third-order valence-electron chi connectivity index (χ3n) is 6.54. The van der Waals surface area contributed by atoms with Gasteiger partial charge >= 0.3 is 0 Å². The minimum absolute atomic E-state index is 0.345. The van der Waals surface area contributed by atoms with Crippen molar-refractivity contribution in [1.29, 1.82) is 0 Å². The van der Waals surface area contributed by atoms with E-state index < -0.39 is 0 Å². The van der Waals surface area contributed by atoms with Crippen LogP contribution < -0.4 is 0 Å². The van der Waals surface area contributed by atoms with Crippen LogP contribution in [0.2, 0.25) is 0 Å². The molecule has 0 radical (unpaired) electrons. The Morgan fingerprint density at radius 2 is 1.47 bits per heavy atom. The Morgan fingerprint density at radius 1 is 0.895 bits per heavy atom. The van der Waals surface area contributed by atoms with E-state index in [-0.39, 0.29) is 0 Å². The van der Waals surface area contributed by atoms with Crippen LogP contribution in [-0.2, 0) is 0 Å². The van der Waals surface area contributed by atoms with Crippen LogP contribution in [-0.4, -0.2) is 35.7 Å². The number of hydrogen-bond donors (Lipinski definition) is 1. The van der Waals surface area contributed by atoms with Gasteiger partial charge in [-0.05, 0) is 87.5 Å². The molecule has 2 heteroatoms. The van der Waals surface area contributed by atoms with Gasteiger partial charge in [0, 0.05) is 12.6 Å². The fourth-order valence-corrected chi connectivity index (χ4v) is 6.02. The molecular weight excluding hydrogens is 234 g/mol. The van der Waals surface area contributed by atoms with Crippen molar-refractivity contribution in [2.75, 3.05) is 19.7 Å². The van der Waals surface area contributed by atoms with Crippen molar-refractivity contribution >= 4 is 0 Å². The predicted molar refractivity (Wildman–Crippen MR) is 76.9 cm³/mol. The second-order valence-electron chi connectivity index (χ2n) is 8.16. The average molecular weight is 263 g/mol. The van der Waals surface area contributed by atoms with Crippen molar-refractivity contribution in [1.82, 2.24) is 4.90 Å². The second-order valence-corrected chi connectivity index (χ2v) is 8.16. The molecule has 5 aliphatic rings. The van der Waals surface area contributed by atoms with E-state index in [1.807, 2.05) is 0 Å². The van der Waals surface area contributed by atoms with E-state index in [1.165, 1.54) is 45.1 Å². The van der Waals surface area contributed by atoms with Crippen LogP contribution >= 0.6 is 0 Å². The summed E-state index contributed by atoms with van der Waals surface area (Å²) in [6.45, 7) is 2.52. The van der Waals surface area contributed by atoms with Crippen LogP contribution in [0.25, 0.3) is 0 Å². The zero-order valence-electron chi connectivity index (χ0n) is 12.2. The quantitative estimate of drug-likeness (QED) is 0.796. The first-order valence-corrected chi connectivity index (χ1v) is 8.61. The van der Waals surface area contributed by atoms with Crippen molar-refractivity contribution in [2.24, 2.45) is 23.2 Å². The molecular formula is C17H29NO. The summed E-state index contributed by atoms with van der Waals surface area (Å²) in [6, 6.07) is 0.820. The van der Waals surface area contributed by atoms with E-state index in [0.717, 1.165) is 35.8 Å². The zero-order valence-corrected chi connectivity index (χ0v) is 12.2. The minimum Gasteiger partial charge on any atom is -0.395 e. The molecule has 5 rings (SSSR count). The smallest absolute Gasteiger partial charge is 0.0558 e. The minimum atomic E-state index is 0.345. The molecule has 0 aromatic rings. The number of hydrogen-bond acceptors (Lipinski definition) is 2. The van der Waals surface area contributed by atoms with E-state index in [2.05, 4.69) is 4.90 Å². The van der Waals surface area contributed by atoms with Crippen LogP contribution in [0.15, 0.2) is 0 Å². The van der Waals surface area contributed by atoms with Gasteiger partial charge in [0.15, 0.2) is 0 Å². The highest BCUT2D eigenvalue weighted by Gasteiger charge is 2.50. The van der Waals surface area contributed by atoms with Crippen molar-refractivity contribution in [2.45, 2.75) is 63.8 Å². The Morgan fingerprint density at radius 3 is 1.95 bits per heavy atom. The Bertz CT molecular complexity index is 301. The van der Waals surface area contributed by atoms with Crippen molar-refractivity contribution in [3.8, 4) is 0 Å². The summed E-state index contributed by atoms with van der Waals surface area (Å²) < 4.78 is 0. The average Bonchev–Trinajstić information content (AvgIpc) is 3.17. The lowest BCUT2D eigenvalue weighted by Gasteiger charge is -2.57. The van der Waals surface area contributed by atoms with E-state index >= 15 is 0 Å². The summed E-state index contributed by atoms with van der Waals surface area (Å²) in [5.74, 6) is 3.25. The van der Waals surface area contributed by atoms with Gasteiger partial charge in [0.05, 0.1) is 6.61 Å². The third-order valence-corrected chi connectivity index (χ3v) is 6.54. The maximum Gasteiger partial charge on any atom is 0.0558 e. The first-order valence-electron chi connectivity index (χ1n) is 8.61. The van der Waals surface area contributed by atoms with Crippen molar-refractivity contribution in [3.63, 3.8) is 0 Å². The molecule has 108 valence electrons. The highest BCUT2D eigenvalue weighted by atomic mass is 16.3. The largest absolute Gasteiger partial charge is 0.395 e. The number of aliphatic hydroxyl groups excluding tert-OH is 1. The van der Waals surface area contributed by atoms with Crippen molar-refractivity contribution in [3.05, 3.63) is 0 Å². The van der Waals surface area contributed by atoms with E-state index in [1.54, 1.807) is 19.3 Å². The Hall–Kier alpha value is -0.0800. The maximum atomic E-state index is 9.23. The van der Waals surface area contributed by atoms with E-state index in [9.17, 15) is 5.11 Å². The molecule has 0 aliphatic heterocycles. The van der Waals surface area contributed by atoms with Gasteiger partial charge in [-0.25, -0.2) is 0 Å². The second kappa shape index (κ2) is 4.73. The molecule has 5 aliphatic carbocycles. The maximum absolute atomic E-state index is 9.23. The topological polar surface area (TPSA) is 23.5 Å². The highest BCUT2D eigenvalue weighted by molar-refractivity contribution is 5.01. The molecule has 0 aromatic carbocycles. The standard InChI is InChI=1S/C17H29NO/c19-6-5-18(16-1-2-16)4-3-17-10-13-7-14(11-17)9-15(8-13)12-17/h13-16,19H,1-12H2. The number of aliphatic hydroxyl groups is 1. The summed E-state index contributed by atoms with van der Waals surface area (Å²) in [7, 11) is 0. The fraction of sp³-hybridized carbons (Fsp3) is 1.00. The summed E-state index contributed by atoms with van der Waals surface area (Å²) in [5, 5.41) is 9.23. The Kier molecular flexibility index (Phi) is 3.15. The van der Waals surface area contributed by atoms with Gasteiger partial charge in [-0.3, -0.25) is 4.90 Å². The first-order chi connectivity index (χ1) is 9.26. The van der Waals surface area contributed by atoms with Crippen LogP contribution in [0.4, 0.5) is 0 Å². The van der Waals surface area contributed by atoms with Crippen LogP contribution in [0, 0.1) is 23.2 Å². The third kappa shape index (κ3) is 2.47. The molecule has 5 saturated carbocycles. The van der Waals surface area contributed by atoms with Gasteiger partial charge in [0.2, 0.25) is 0 Å². The van der Waals surface area contributed by atoms with E-state index in [0.29, 0.717) is 6.61 Å². The van der Waals surface area contributed by atoms with Gasteiger partial charge in [0.25, 0.3) is 0 Å². The molecule has 19 heavy (non-hydrogen) atoms. The van der Waals surface area contributed by atoms with Crippen molar-refractivity contribution < 1.29 is 5.11 Å². The first kappa shape index (κ1) is 12.6. The van der Waals surface area contributed by atoms with Gasteiger partial charge < -0.3 is 5.11 Å². The predicted octanol–water partition coefficient (Wildman–Crippen LogP) is 3.05. The van der Waals surface area contributed by atoms with Gasteiger partial charge in [0.1, 0.15) is 0 Å². The molecule has 0 atom stereocenters. The number of rotatable bonds is 6. The molecule has 0 saturated heterocycles. The summed E-state index contributed by atoms with van der Waals surface area (Å²) in [4.78, 5) is 2.58. The van der Waals surface area contributed by atoms with Gasteiger partial charge in [-0.15, -0.1) is 0 Å². The molecule has 1 N–H and O–H groups in total. The van der Waals surface area contributed by atoms with Crippen LogP contribution in [0.3, 0.4) is 0 Å². The molecule has 0 spiro atoms. The van der Waals surface area contributed by atoms with E-state index in [4.69, 9.17) is 0 Å². The van der Waals surface area contributed by atoms with Gasteiger partial charge in [-0.1, -0.05) is 0 Å². The molecule has 0 aromatic heterocycles. The normalized spacial score (nSPS) is 44.2. The molecule has 4 bridgehead atoms. The lowest BCUT2D eigenvalue weighted by atomic mass is 9.49. The SMILES string of the molecule is OCCN(CCC12CC3CC(CC(C3)C1)C2)C1CC1. The fourth-order valence-electron chi connectivity index (χ4n) is 6.02. The Balaban J connectivity index is 1.39. The molecule has 2 nitrogen and oxygen atoms in total. The van der Waals surface area contributed by atoms with Gasteiger partial charge in [-0.2, -0.15) is 0 Å². The molecule has 0 unspecified atom stereocenters. The molecule has 5 fully saturated rings. The summed E-state index contributed by atoms with van der Waals surface area (Å²) in [6.07, 6.45) is 13.5. The molecule has 0 amide bonds. The number of nitrogens with zero attached hydrogens (tertiary/aromatic N) is 1. The lowest BCUT2D eigenvalue weighted by Crippen LogP contribution is -2.47. The summed E-state index contributed by atoms with van der Waals surface area (Å²) in [5.41, 5.74) is 0.720. The van der Waals surface area contributed by atoms with Crippen LogP contribution in [0.1, 0.15) is 57.8 Å². The molecule has 0 heterocycles. The van der Waals surface area contributed by atoms with Crippen LogP contribution in [0.5, 0.6) is 0 Å². The summed E-state index contributed by atoms with van der Waals surface area (Å²) >= 11 is 0. The lowest BCUT2D eigenvalue weighted by molar-refractivity contribution is -0.0616.